The van der Waals surface area contributed by atoms with Gasteiger partial charge < -0.3 is 45.5 Å². The van der Waals surface area contributed by atoms with Crippen LogP contribution in [0.4, 0.5) is 4.79 Å². The summed E-state index contributed by atoms with van der Waals surface area (Å²) in [4.78, 5) is 48.4. The summed E-state index contributed by atoms with van der Waals surface area (Å²) >= 11 is 5.89. The van der Waals surface area contributed by atoms with Gasteiger partial charge in [-0.3, -0.25) is 14.4 Å². The first-order chi connectivity index (χ1) is 29.2. The number of benzene rings is 2. The number of halogens is 1. The quantitative estimate of drug-likeness (QED) is 0.0652. The van der Waals surface area contributed by atoms with Crippen molar-refractivity contribution in [1.29, 1.82) is 0 Å². The number of carbonyl (C=O) groups is 4. The van der Waals surface area contributed by atoms with Crippen molar-refractivity contribution in [2.45, 2.75) is 108 Å². The van der Waals surface area contributed by atoms with Crippen LogP contribution in [0.15, 0.2) is 48.5 Å². The van der Waals surface area contributed by atoms with Crippen LogP contribution in [0.25, 0.3) is 0 Å². The molecule has 332 valence electrons. The van der Waals surface area contributed by atoms with Crippen LogP contribution in [0, 0.1) is 0 Å². The third kappa shape index (κ3) is 17.9. The number of ether oxygens (including phenoxy) is 4. The molecule has 2 aromatic rings. The van der Waals surface area contributed by atoms with E-state index in [1.165, 1.54) is 5.56 Å². The molecule has 60 heavy (non-hydrogen) atoms. The second kappa shape index (κ2) is 26.3. The summed E-state index contributed by atoms with van der Waals surface area (Å²) < 4.78 is 22.4. The van der Waals surface area contributed by atoms with Crippen LogP contribution < -0.4 is 42.3 Å². The van der Waals surface area contributed by atoms with Crippen LogP contribution >= 0.6 is 11.6 Å². The van der Waals surface area contributed by atoms with E-state index in [4.69, 9.17) is 30.5 Å². The molecule has 3 fully saturated rings. The van der Waals surface area contributed by atoms with Crippen molar-refractivity contribution in [3.05, 3.63) is 64.7 Å². The average molecular weight is 857 g/mol. The molecule has 0 spiro atoms. The highest BCUT2D eigenvalue weighted by molar-refractivity contribution is 6.30. The van der Waals surface area contributed by atoms with Crippen molar-refractivity contribution < 1.29 is 38.1 Å². The van der Waals surface area contributed by atoms with E-state index >= 15 is 0 Å². The predicted molar refractivity (Wildman–Crippen MR) is 228 cm³/mol. The number of hydrogen-bond acceptors (Lipinski definition) is 11. The fraction of sp³-hybridized carbons (Fsp3) is 0.628. The number of unbranched alkanes of at least 4 members (excludes halogenated alkanes) is 2. The van der Waals surface area contributed by atoms with Gasteiger partial charge in [0.05, 0.1) is 51.7 Å². The van der Waals surface area contributed by atoms with Crippen molar-refractivity contribution in [3.8, 4) is 5.75 Å². The van der Waals surface area contributed by atoms with Crippen molar-refractivity contribution in [2.24, 2.45) is 0 Å². The molecule has 0 radical (unpaired) electrons. The summed E-state index contributed by atoms with van der Waals surface area (Å²) in [5, 5.41) is 17.6. The Balaban J connectivity index is 0.794. The minimum atomic E-state index is -0.151. The standard InChI is InChI=1S/C43H65ClN8O8/c1-31-38(49-43(56)46-31)5-3-2-4-6-40(53)45-21-23-57-25-27-59-28-26-58-24-22-52-29-39(50-51-52)33-10-7-32(8-11-33)9-20-41(54)47-35-14-16-36(17-15-35)48-42(55)30-60-37-18-12-34(44)13-19-37/h7-8,10-13,18-19,31,35-36,38-39,50-51H,2-6,9,14-17,20-30H2,1H3,(H,45,53)(H,47,54)(H,48,55)(H2,46,49,56)/t31-,35?,36?,38+,39?/m0/s1. The fourth-order valence-corrected chi connectivity index (χ4v) is 7.61. The van der Waals surface area contributed by atoms with Gasteiger partial charge in [-0.15, -0.1) is 0 Å². The Bertz CT molecular complexity index is 1600. The van der Waals surface area contributed by atoms with Gasteiger partial charge in [-0.1, -0.05) is 48.7 Å². The minimum absolute atomic E-state index is 0.0342. The first-order valence-corrected chi connectivity index (χ1v) is 22.0. The molecule has 7 N–H and O–H groups in total. The van der Waals surface area contributed by atoms with Crippen LogP contribution in [0.3, 0.4) is 0 Å². The number of aryl methyl sites for hydroxylation is 1. The number of nitrogens with zero attached hydrogens (tertiary/aromatic N) is 1. The Morgan fingerprint density at radius 1 is 0.767 bits per heavy atom. The minimum Gasteiger partial charge on any atom is -0.484 e. The highest BCUT2D eigenvalue weighted by Gasteiger charge is 2.27. The summed E-state index contributed by atoms with van der Waals surface area (Å²) in [6.45, 7) is 6.86. The van der Waals surface area contributed by atoms with Gasteiger partial charge in [-0.2, -0.15) is 5.53 Å². The molecule has 1 aliphatic carbocycles. The smallest absolute Gasteiger partial charge is 0.315 e. The van der Waals surface area contributed by atoms with Crippen molar-refractivity contribution in [1.82, 2.24) is 42.6 Å². The molecule has 0 aromatic heterocycles. The second-order valence-corrected chi connectivity index (χ2v) is 16.2. The molecule has 2 aromatic carbocycles. The largest absolute Gasteiger partial charge is 0.484 e. The second-order valence-electron chi connectivity index (χ2n) is 15.7. The summed E-state index contributed by atoms with van der Waals surface area (Å²) in [7, 11) is 0. The van der Waals surface area contributed by atoms with Crippen molar-refractivity contribution >= 4 is 35.4 Å². The zero-order valence-corrected chi connectivity index (χ0v) is 35.7. The molecular formula is C43H65ClN8O8. The Morgan fingerprint density at radius 2 is 1.43 bits per heavy atom. The lowest BCUT2D eigenvalue weighted by molar-refractivity contribution is -0.125. The van der Waals surface area contributed by atoms with Gasteiger partial charge in [0.2, 0.25) is 11.8 Å². The number of carbonyl (C=O) groups excluding carboxylic acids is 4. The Hall–Kier alpha value is -4.03. The molecule has 3 atom stereocenters. The summed E-state index contributed by atoms with van der Waals surface area (Å²) in [5.41, 5.74) is 8.85. The van der Waals surface area contributed by atoms with Crippen LogP contribution in [0.2, 0.25) is 5.02 Å². The van der Waals surface area contributed by atoms with E-state index in [9.17, 15) is 19.2 Å². The molecule has 1 unspecified atom stereocenters. The molecule has 3 aliphatic rings. The Kier molecular flexibility index (Phi) is 20.6. The SMILES string of the molecule is C[C@@H]1NC(=O)N[C@@H]1CCCCCC(=O)NCCOCCOCCOCCN1CC(c2ccc(CCC(=O)NC3CCC(NC(=O)COc4ccc(Cl)cc4)CC3)cc2)NN1. The summed E-state index contributed by atoms with van der Waals surface area (Å²) in [5.74, 6) is 0.537. The first kappa shape index (κ1) is 47.0. The number of urea groups is 1. The molecule has 5 amide bonds. The molecule has 2 heterocycles. The van der Waals surface area contributed by atoms with Gasteiger partial charge in [0, 0.05) is 55.6 Å². The number of amides is 5. The Labute approximate surface area is 359 Å². The van der Waals surface area contributed by atoms with Crippen LogP contribution in [-0.2, 0) is 35.0 Å². The molecule has 1 saturated carbocycles. The molecule has 5 rings (SSSR count). The van der Waals surface area contributed by atoms with Gasteiger partial charge in [-0.25, -0.2) is 15.2 Å². The maximum atomic E-state index is 12.7. The van der Waals surface area contributed by atoms with Crippen molar-refractivity contribution in [3.63, 3.8) is 0 Å². The third-order valence-electron chi connectivity index (χ3n) is 11.0. The predicted octanol–water partition coefficient (Wildman–Crippen LogP) is 3.45. The lowest BCUT2D eigenvalue weighted by Crippen LogP contribution is -2.44. The van der Waals surface area contributed by atoms with E-state index in [-0.39, 0.29) is 60.6 Å². The van der Waals surface area contributed by atoms with E-state index in [1.807, 2.05) is 6.92 Å². The van der Waals surface area contributed by atoms with E-state index < -0.39 is 0 Å². The molecular weight excluding hydrogens is 792 g/mol. The molecule has 17 heteroatoms. The van der Waals surface area contributed by atoms with E-state index in [0.29, 0.717) is 76.2 Å². The topological polar surface area (TPSA) is 193 Å². The zero-order valence-electron chi connectivity index (χ0n) is 34.9. The third-order valence-corrected chi connectivity index (χ3v) is 11.2. The first-order valence-electron chi connectivity index (χ1n) is 21.6. The van der Waals surface area contributed by atoms with Gasteiger partial charge in [-0.05, 0) is 87.3 Å². The maximum absolute atomic E-state index is 12.7. The van der Waals surface area contributed by atoms with Crippen LogP contribution in [-0.4, -0.2) is 119 Å². The number of hydrazine groups is 2. The van der Waals surface area contributed by atoms with Gasteiger partial charge in [0.1, 0.15) is 5.75 Å². The fourth-order valence-electron chi connectivity index (χ4n) is 7.48. The number of rotatable bonds is 27. The summed E-state index contributed by atoms with van der Waals surface area (Å²) in [6, 6.07) is 15.9. The van der Waals surface area contributed by atoms with E-state index in [1.54, 1.807) is 24.3 Å². The molecule has 16 nitrogen and oxygen atoms in total. The van der Waals surface area contributed by atoms with Crippen LogP contribution in [0.5, 0.6) is 5.75 Å². The van der Waals surface area contributed by atoms with Gasteiger partial charge in [0.25, 0.3) is 5.91 Å². The number of hydrogen-bond donors (Lipinski definition) is 7. The highest BCUT2D eigenvalue weighted by atomic mass is 35.5. The van der Waals surface area contributed by atoms with E-state index in [0.717, 1.165) is 70.0 Å². The molecule has 2 saturated heterocycles. The normalized spacial score (nSPS) is 21.6. The van der Waals surface area contributed by atoms with Gasteiger partial charge >= 0.3 is 6.03 Å². The summed E-state index contributed by atoms with van der Waals surface area (Å²) in [6.07, 6.45) is 8.59. The molecule has 2 aliphatic heterocycles. The monoisotopic (exact) mass is 856 g/mol. The molecule has 0 bridgehead atoms. The van der Waals surface area contributed by atoms with Crippen molar-refractivity contribution in [2.75, 3.05) is 65.9 Å². The highest BCUT2D eigenvalue weighted by Crippen LogP contribution is 2.21. The lowest BCUT2D eigenvalue weighted by atomic mass is 9.91. The van der Waals surface area contributed by atoms with E-state index in [2.05, 4.69) is 66.8 Å². The van der Waals surface area contributed by atoms with Gasteiger partial charge in [0.15, 0.2) is 6.61 Å². The number of nitrogens with one attached hydrogen (secondary N) is 7. The lowest BCUT2D eigenvalue weighted by Gasteiger charge is -2.29. The Morgan fingerprint density at radius 3 is 2.12 bits per heavy atom. The average Bonchev–Trinajstić information content (AvgIpc) is 3.85. The zero-order chi connectivity index (χ0) is 42.4. The van der Waals surface area contributed by atoms with Crippen LogP contribution in [0.1, 0.15) is 88.3 Å². The maximum Gasteiger partial charge on any atom is 0.315 e.